The van der Waals surface area contributed by atoms with E-state index in [2.05, 4.69) is 27.9 Å². The summed E-state index contributed by atoms with van der Waals surface area (Å²) in [5.74, 6) is 0.112. The van der Waals surface area contributed by atoms with E-state index >= 15 is 0 Å². The molecule has 2 rings (SSSR count). The molecular weight excluding hydrogens is 270 g/mol. The van der Waals surface area contributed by atoms with Gasteiger partial charge in [0.05, 0.1) is 16.7 Å². The Morgan fingerprint density at radius 1 is 1.50 bits per heavy atom. The average molecular weight is 295 g/mol. The number of nitrogens with zero attached hydrogens (tertiary/aromatic N) is 1. The second-order valence-electron chi connectivity index (χ2n) is 5.58. The number of rotatable bonds is 7. The van der Waals surface area contributed by atoms with Crippen LogP contribution >= 0.6 is 11.3 Å². The van der Waals surface area contributed by atoms with Gasteiger partial charge in [-0.1, -0.05) is 19.8 Å². The van der Waals surface area contributed by atoms with E-state index in [9.17, 15) is 4.79 Å². The fourth-order valence-electron chi connectivity index (χ4n) is 2.51. The van der Waals surface area contributed by atoms with Gasteiger partial charge in [-0.15, -0.1) is 11.3 Å². The third kappa shape index (κ3) is 4.56. The Kier molecular flexibility index (Phi) is 5.98. The van der Waals surface area contributed by atoms with Gasteiger partial charge < -0.3 is 10.6 Å². The number of amides is 1. The normalized spacial score (nSPS) is 17.3. The molecule has 1 heterocycles. The van der Waals surface area contributed by atoms with E-state index in [0.29, 0.717) is 12.6 Å². The molecule has 0 bridgehead atoms. The van der Waals surface area contributed by atoms with Crippen molar-refractivity contribution in [2.45, 2.75) is 71.0 Å². The summed E-state index contributed by atoms with van der Waals surface area (Å²) in [5.41, 5.74) is 1.04. The molecule has 0 radical (unpaired) electrons. The molecule has 1 aliphatic carbocycles. The van der Waals surface area contributed by atoms with Crippen LogP contribution in [-0.2, 0) is 17.8 Å². The van der Waals surface area contributed by atoms with Gasteiger partial charge >= 0.3 is 0 Å². The molecule has 1 amide bonds. The van der Waals surface area contributed by atoms with Gasteiger partial charge in [-0.05, 0) is 32.6 Å². The highest BCUT2D eigenvalue weighted by Crippen LogP contribution is 2.17. The molecule has 4 nitrogen and oxygen atoms in total. The number of aromatic nitrogens is 1. The van der Waals surface area contributed by atoms with E-state index in [1.807, 2.05) is 6.92 Å². The lowest BCUT2D eigenvalue weighted by Crippen LogP contribution is -2.45. The topological polar surface area (TPSA) is 54.0 Å². The molecule has 1 aromatic heterocycles. The number of carbonyl (C=O) groups is 1. The zero-order valence-corrected chi connectivity index (χ0v) is 13.3. The molecule has 20 heavy (non-hydrogen) atoms. The smallest absolute Gasteiger partial charge is 0.237 e. The summed E-state index contributed by atoms with van der Waals surface area (Å²) >= 11 is 1.71. The van der Waals surface area contributed by atoms with Crippen LogP contribution < -0.4 is 10.6 Å². The van der Waals surface area contributed by atoms with Gasteiger partial charge in [-0.2, -0.15) is 0 Å². The van der Waals surface area contributed by atoms with Crippen LogP contribution in [0.3, 0.4) is 0 Å². The van der Waals surface area contributed by atoms with Crippen LogP contribution in [-0.4, -0.2) is 23.0 Å². The van der Waals surface area contributed by atoms with Crippen molar-refractivity contribution in [2.24, 2.45) is 0 Å². The van der Waals surface area contributed by atoms with E-state index in [4.69, 9.17) is 0 Å². The number of hydrogen-bond donors (Lipinski definition) is 2. The zero-order valence-electron chi connectivity index (χ0n) is 12.4. The van der Waals surface area contributed by atoms with Crippen molar-refractivity contribution in [3.8, 4) is 0 Å². The summed E-state index contributed by atoms with van der Waals surface area (Å²) in [6, 6.07) is 0.231. The lowest BCUT2D eigenvalue weighted by molar-refractivity contribution is -0.123. The summed E-state index contributed by atoms with van der Waals surface area (Å²) in [5, 5.41) is 9.65. The molecular formula is C15H25N3OS. The highest BCUT2D eigenvalue weighted by Gasteiger charge is 2.20. The fraction of sp³-hybridized carbons (Fsp3) is 0.733. The molecule has 112 valence electrons. The lowest BCUT2D eigenvalue weighted by Gasteiger charge is -2.17. The van der Waals surface area contributed by atoms with E-state index in [1.54, 1.807) is 11.3 Å². The third-order valence-electron chi connectivity index (χ3n) is 3.75. The number of thiazole rings is 1. The lowest BCUT2D eigenvalue weighted by atomic mass is 10.2. The Hall–Kier alpha value is -0.940. The van der Waals surface area contributed by atoms with E-state index in [0.717, 1.165) is 31.4 Å². The zero-order chi connectivity index (χ0) is 14.4. The van der Waals surface area contributed by atoms with Crippen LogP contribution in [0.1, 0.15) is 56.7 Å². The average Bonchev–Trinajstić information content (AvgIpc) is 3.08. The van der Waals surface area contributed by atoms with Gasteiger partial charge in [0, 0.05) is 18.0 Å². The summed E-state index contributed by atoms with van der Waals surface area (Å²) in [7, 11) is 0. The summed E-state index contributed by atoms with van der Waals surface area (Å²) in [6.07, 6.45) is 6.91. The van der Waals surface area contributed by atoms with Gasteiger partial charge in [-0.3, -0.25) is 4.79 Å². The molecule has 5 heteroatoms. The van der Waals surface area contributed by atoms with Crippen molar-refractivity contribution < 1.29 is 4.79 Å². The fourth-order valence-corrected chi connectivity index (χ4v) is 3.41. The van der Waals surface area contributed by atoms with Crippen molar-refractivity contribution in [3.63, 3.8) is 0 Å². The minimum atomic E-state index is -0.160. The highest BCUT2D eigenvalue weighted by molar-refractivity contribution is 7.09. The van der Waals surface area contributed by atoms with E-state index in [-0.39, 0.29) is 11.9 Å². The molecule has 1 aliphatic rings. The first-order valence-corrected chi connectivity index (χ1v) is 8.54. The van der Waals surface area contributed by atoms with Gasteiger partial charge in [-0.25, -0.2) is 4.98 Å². The molecule has 0 spiro atoms. The largest absolute Gasteiger partial charge is 0.352 e. The molecule has 1 atom stereocenters. The van der Waals surface area contributed by atoms with Crippen molar-refractivity contribution in [1.29, 1.82) is 0 Å². The van der Waals surface area contributed by atoms with Crippen LogP contribution in [0.5, 0.6) is 0 Å². The molecule has 1 fully saturated rings. The molecule has 0 aliphatic heterocycles. The SMILES string of the molecule is CCCc1nc(CNC(C)C(=O)NC2CCCC2)cs1. The van der Waals surface area contributed by atoms with Gasteiger partial charge in [0.2, 0.25) is 5.91 Å². The molecule has 2 N–H and O–H groups in total. The van der Waals surface area contributed by atoms with Crippen molar-refractivity contribution in [2.75, 3.05) is 0 Å². The standard InChI is InChI=1S/C15H25N3OS/c1-3-6-14-17-13(10-20-14)9-16-11(2)15(19)18-12-7-4-5-8-12/h10-12,16H,3-9H2,1-2H3,(H,18,19). The predicted octanol–water partition coefficient (Wildman–Crippen LogP) is 2.63. The quantitative estimate of drug-likeness (QED) is 0.813. The van der Waals surface area contributed by atoms with Crippen molar-refractivity contribution >= 4 is 17.2 Å². The first-order chi connectivity index (χ1) is 9.69. The van der Waals surface area contributed by atoms with Gasteiger partial charge in [0.15, 0.2) is 0 Å². The molecule has 0 saturated heterocycles. The van der Waals surface area contributed by atoms with Crippen molar-refractivity contribution in [3.05, 3.63) is 16.1 Å². The minimum Gasteiger partial charge on any atom is -0.352 e. The molecule has 1 saturated carbocycles. The Bertz CT molecular complexity index is 427. The Labute approximate surface area is 125 Å². The predicted molar refractivity (Wildman–Crippen MR) is 82.8 cm³/mol. The Morgan fingerprint density at radius 2 is 2.25 bits per heavy atom. The highest BCUT2D eigenvalue weighted by atomic mass is 32.1. The van der Waals surface area contributed by atoms with Crippen molar-refractivity contribution in [1.82, 2.24) is 15.6 Å². The van der Waals surface area contributed by atoms with Crippen LogP contribution in [0.15, 0.2) is 5.38 Å². The summed E-state index contributed by atoms with van der Waals surface area (Å²) in [6.45, 7) is 4.75. The second kappa shape index (κ2) is 7.74. The number of aryl methyl sites for hydroxylation is 1. The maximum Gasteiger partial charge on any atom is 0.237 e. The first kappa shape index (κ1) is 15.4. The number of nitrogens with one attached hydrogen (secondary N) is 2. The van der Waals surface area contributed by atoms with Crippen LogP contribution in [0.25, 0.3) is 0 Å². The Morgan fingerprint density at radius 3 is 2.95 bits per heavy atom. The number of hydrogen-bond acceptors (Lipinski definition) is 4. The van der Waals surface area contributed by atoms with Gasteiger partial charge in [0.25, 0.3) is 0 Å². The van der Waals surface area contributed by atoms with Crippen LogP contribution in [0.2, 0.25) is 0 Å². The Balaban J connectivity index is 1.72. The van der Waals surface area contributed by atoms with Crippen LogP contribution in [0.4, 0.5) is 0 Å². The summed E-state index contributed by atoms with van der Waals surface area (Å²) in [4.78, 5) is 16.6. The maximum atomic E-state index is 12.0. The molecule has 1 aromatic rings. The van der Waals surface area contributed by atoms with E-state index < -0.39 is 0 Å². The van der Waals surface area contributed by atoms with E-state index in [1.165, 1.54) is 17.8 Å². The molecule has 0 aromatic carbocycles. The minimum absolute atomic E-state index is 0.112. The maximum absolute atomic E-state index is 12.0. The summed E-state index contributed by atoms with van der Waals surface area (Å²) < 4.78 is 0. The first-order valence-electron chi connectivity index (χ1n) is 7.66. The second-order valence-corrected chi connectivity index (χ2v) is 6.52. The van der Waals surface area contributed by atoms with Crippen LogP contribution in [0, 0.1) is 0 Å². The monoisotopic (exact) mass is 295 g/mol. The van der Waals surface area contributed by atoms with Gasteiger partial charge in [0.1, 0.15) is 0 Å². The molecule has 1 unspecified atom stereocenters. The number of carbonyl (C=O) groups excluding carboxylic acids is 1. The third-order valence-corrected chi connectivity index (χ3v) is 4.70.